The van der Waals surface area contributed by atoms with E-state index < -0.39 is 0 Å². The molecule has 1 saturated heterocycles. The third-order valence-corrected chi connectivity index (χ3v) is 4.95. The average Bonchev–Trinajstić information content (AvgIpc) is 2.66. The Morgan fingerprint density at radius 1 is 0.889 bits per heavy atom. The van der Waals surface area contributed by atoms with E-state index in [1.165, 1.54) is 38.9 Å². The lowest BCUT2D eigenvalue weighted by Crippen LogP contribution is -2.46. The first-order valence-electron chi connectivity index (χ1n) is 9.91. The highest BCUT2D eigenvalue weighted by atomic mass is 35.5. The van der Waals surface area contributed by atoms with Gasteiger partial charge in [0, 0.05) is 38.3 Å². The van der Waals surface area contributed by atoms with Gasteiger partial charge in [-0.25, -0.2) is 0 Å². The number of nitrogen functional groups attached to an aromatic ring is 1. The van der Waals surface area contributed by atoms with E-state index in [2.05, 4.69) is 9.80 Å². The number of rotatable bonds is 12. The molecule has 0 spiro atoms. The van der Waals surface area contributed by atoms with Crippen LogP contribution < -0.4 is 16.2 Å². The van der Waals surface area contributed by atoms with E-state index in [9.17, 15) is 0 Å². The molecule has 0 amide bonds. The number of hydrogen-bond acceptors (Lipinski definition) is 5. The number of nitrogens with zero attached hydrogens (tertiary/aromatic N) is 2. The van der Waals surface area contributed by atoms with Crippen LogP contribution in [-0.2, 0) is 0 Å². The Morgan fingerprint density at radius 3 is 2.00 bits per heavy atom. The van der Waals surface area contributed by atoms with Crippen LogP contribution in [0.15, 0.2) is 24.3 Å². The van der Waals surface area contributed by atoms with Crippen LogP contribution >= 0.6 is 12.4 Å². The Balaban J connectivity index is 0.00000364. The fourth-order valence-electron chi connectivity index (χ4n) is 3.28. The normalized spacial score (nSPS) is 15.3. The first-order chi connectivity index (χ1) is 12.7. The summed E-state index contributed by atoms with van der Waals surface area (Å²) in [5.41, 5.74) is 11.7. The van der Waals surface area contributed by atoms with Gasteiger partial charge in [-0.05, 0) is 56.6 Å². The molecule has 0 aliphatic carbocycles. The molecule has 0 radical (unpaired) electrons. The molecule has 0 unspecified atom stereocenters. The molecule has 7 heteroatoms. The Labute approximate surface area is 170 Å². The number of benzene rings is 1. The first-order valence-corrected chi connectivity index (χ1v) is 9.91. The molecule has 1 aromatic carbocycles. The van der Waals surface area contributed by atoms with Crippen molar-refractivity contribution in [1.82, 2.24) is 9.80 Å². The monoisotopic (exact) mass is 397 g/mol. The first kappa shape index (κ1) is 23.7. The van der Waals surface area contributed by atoms with E-state index in [-0.39, 0.29) is 18.2 Å². The number of unbranched alkanes of at least 4 members (excludes halogenated alkanes) is 3. The summed E-state index contributed by atoms with van der Waals surface area (Å²) in [5, 5.41) is 7.39. The summed E-state index contributed by atoms with van der Waals surface area (Å²) in [6.45, 7) is 8.57. The van der Waals surface area contributed by atoms with Gasteiger partial charge in [-0.15, -0.1) is 12.4 Å². The van der Waals surface area contributed by atoms with Crippen molar-refractivity contribution < 1.29 is 4.74 Å². The molecule has 0 aromatic heterocycles. The summed E-state index contributed by atoms with van der Waals surface area (Å²) in [4.78, 5) is 5.12. The lowest BCUT2D eigenvalue weighted by molar-refractivity contribution is 0.124. The molecule has 1 aromatic rings. The van der Waals surface area contributed by atoms with E-state index in [1.807, 2.05) is 24.3 Å². The SMILES string of the molecule is Cl.N=C(N)c1ccc(OCCCN2CCN(CCCCCCN)CC2)cc1. The summed E-state index contributed by atoms with van der Waals surface area (Å²) in [5.74, 6) is 0.931. The van der Waals surface area contributed by atoms with Crippen molar-refractivity contribution in [3.63, 3.8) is 0 Å². The fourth-order valence-corrected chi connectivity index (χ4v) is 3.28. The molecule has 27 heavy (non-hydrogen) atoms. The molecule has 154 valence electrons. The van der Waals surface area contributed by atoms with Gasteiger partial charge < -0.3 is 26.0 Å². The van der Waals surface area contributed by atoms with Crippen LogP contribution in [0.3, 0.4) is 0 Å². The number of ether oxygens (including phenoxy) is 1. The van der Waals surface area contributed by atoms with Gasteiger partial charge in [0.25, 0.3) is 0 Å². The number of piperazine rings is 1. The molecular formula is C20H36ClN5O. The molecule has 1 aliphatic rings. The molecule has 6 nitrogen and oxygen atoms in total. The molecule has 0 bridgehead atoms. The average molecular weight is 398 g/mol. The van der Waals surface area contributed by atoms with Crippen LogP contribution in [-0.4, -0.2) is 68.1 Å². The summed E-state index contributed by atoms with van der Waals surface area (Å²) in [6.07, 6.45) is 6.08. The third kappa shape index (κ3) is 9.42. The zero-order valence-corrected chi connectivity index (χ0v) is 17.2. The summed E-state index contributed by atoms with van der Waals surface area (Å²) in [7, 11) is 0. The smallest absolute Gasteiger partial charge is 0.122 e. The van der Waals surface area contributed by atoms with Gasteiger partial charge in [0.15, 0.2) is 0 Å². The minimum atomic E-state index is 0. The number of nitrogens with one attached hydrogen (secondary N) is 1. The summed E-state index contributed by atoms with van der Waals surface area (Å²) in [6, 6.07) is 7.41. The fraction of sp³-hybridized carbons (Fsp3) is 0.650. The molecule has 5 N–H and O–H groups in total. The van der Waals surface area contributed by atoms with Gasteiger partial charge in [0.05, 0.1) is 6.61 Å². The van der Waals surface area contributed by atoms with Crippen LogP contribution in [0, 0.1) is 5.41 Å². The number of amidine groups is 1. The molecule has 1 aliphatic heterocycles. The van der Waals surface area contributed by atoms with Gasteiger partial charge in [-0.1, -0.05) is 12.8 Å². The van der Waals surface area contributed by atoms with Gasteiger partial charge in [-0.3, -0.25) is 5.41 Å². The highest BCUT2D eigenvalue weighted by Crippen LogP contribution is 2.12. The highest BCUT2D eigenvalue weighted by Gasteiger charge is 2.15. The Kier molecular flexibility index (Phi) is 12.1. The van der Waals surface area contributed by atoms with Crippen LogP contribution in [0.25, 0.3) is 0 Å². The Morgan fingerprint density at radius 2 is 1.44 bits per heavy atom. The van der Waals surface area contributed by atoms with E-state index in [4.69, 9.17) is 21.6 Å². The maximum absolute atomic E-state index is 7.39. The number of hydrogen-bond donors (Lipinski definition) is 3. The lowest BCUT2D eigenvalue weighted by atomic mass is 10.2. The van der Waals surface area contributed by atoms with E-state index in [1.54, 1.807) is 0 Å². The van der Waals surface area contributed by atoms with E-state index in [0.29, 0.717) is 0 Å². The van der Waals surface area contributed by atoms with Crippen molar-refractivity contribution in [2.45, 2.75) is 32.1 Å². The van der Waals surface area contributed by atoms with Crippen molar-refractivity contribution in [2.75, 3.05) is 52.4 Å². The van der Waals surface area contributed by atoms with Crippen LogP contribution in [0.2, 0.25) is 0 Å². The maximum atomic E-state index is 7.39. The van der Waals surface area contributed by atoms with E-state index in [0.717, 1.165) is 56.9 Å². The summed E-state index contributed by atoms with van der Waals surface area (Å²) >= 11 is 0. The minimum Gasteiger partial charge on any atom is -0.494 e. The molecule has 0 saturated carbocycles. The van der Waals surface area contributed by atoms with Gasteiger partial charge >= 0.3 is 0 Å². The van der Waals surface area contributed by atoms with E-state index >= 15 is 0 Å². The van der Waals surface area contributed by atoms with Crippen molar-refractivity contribution in [1.29, 1.82) is 5.41 Å². The molecule has 2 rings (SSSR count). The summed E-state index contributed by atoms with van der Waals surface area (Å²) < 4.78 is 5.78. The second-order valence-corrected chi connectivity index (χ2v) is 7.03. The van der Waals surface area contributed by atoms with Crippen molar-refractivity contribution in [3.05, 3.63) is 29.8 Å². The Bertz CT molecular complexity index is 518. The maximum Gasteiger partial charge on any atom is 0.122 e. The Hall–Kier alpha value is -1.34. The van der Waals surface area contributed by atoms with Crippen molar-refractivity contribution >= 4 is 18.2 Å². The van der Waals surface area contributed by atoms with Crippen molar-refractivity contribution in [2.24, 2.45) is 11.5 Å². The van der Waals surface area contributed by atoms with Crippen LogP contribution in [0.4, 0.5) is 0 Å². The largest absolute Gasteiger partial charge is 0.494 e. The zero-order valence-electron chi connectivity index (χ0n) is 16.4. The zero-order chi connectivity index (χ0) is 18.6. The van der Waals surface area contributed by atoms with Crippen LogP contribution in [0.5, 0.6) is 5.75 Å². The predicted octanol–water partition coefficient (Wildman–Crippen LogP) is 2.30. The van der Waals surface area contributed by atoms with Gasteiger partial charge in [-0.2, -0.15) is 0 Å². The highest BCUT2D eigenvalue weighted by molar-refractivity contribution is 5.94. The number of nitrogens with two attached hydrogens (primary N) is 2. The molecular weight excluding hydrogens is 362 g/mol. The lowest BCUT2D eigenvalue weighted by Gasteiger charge is -2.34. The predicted molar refractivity (Wildman–Crippen MR) is 115 cm³/mol. The minimum absolute atomic E-state index is 0. The quantitative estimate of drug-likeness (QED) is 0.286. The van der Waals surface area contributed by atoms with Crippen LogP contribution in [0.1, 0.15) is 37.7 Å². The molecule has 0 atom stereocenters. The molecule has 1 fully saturated rings. The third-order valence-electron chi connectivity index (χ3n) is 4.95. The van der Waals surface area contributed by atoms with Gasteiger partial charge in [0.1, 0.15) is 11.6 Å². The second-order valence-electron chi connectivity index (χ2n) is 7.03. The standard InChI is InChI=1S/C20H35N5O.ClH/c21-10-3-1-2-4-11-24-13-15-25(16-14-24)12-5-17-26-19-8-6-18(7-9-19)20(22)23;/h6-9H,1-5,10-17,21H2,(H3,22,23);1H. The van der Waals surface area contributed by atoms with Gasteiger partial charge in [0.2, 0.25) is 0 Å². The van der Waals surface area contributed by atoms with Crippen molar-refractivity contribution in [3.8, 4) is 5.75 Å². The second kappa shape index (κ2) is 13.8. The number of halogens is 1. The topological polar surface area (TPSA) is 91.6 Å². The molecule has 1 heterocycles.